The van der Waals surface area contributed by atoms with E-state index in [0.717, 1.165) is 12.8 Å². The summed E-state index contributed by atoms with van der Waals surface area (Å²) in [5, 5.41) is 0. The third-order valence-corrected chi connectivity index (χ3v) is 5.14. The van der Waals surface area contributed by atoms with Gasteiger partial charge in [0.25, 0.3) is 0 Å². The molecule has 1 nitrogen and oxygen atoms in total. The summed E-state index contributed by atoms with van der Waals surface area (Å²) in [6.45, 7) is 3.89. The Kier molecular flexibility index (Phi) is 9.99. The van der Waals surface area contributed by atoms with Gasteiger partial charge < -0.3 is 0 Å². The molecule has 0 heterocycles. The number of Topliss-reactive ketones (excluding diaryl/α,β-unsaturated/α-hetero) is 1. The Balaban J connectivity index is 1.90. The smallest absolute Gasteiger partial charge is 0.133 e. The molecule has 1 atom stereocenters. The summed E-state index contributed by atoms with van der Waals surface area (Å²) in [5.41, 5.74) is -0.978. The number of rotatable bonds is 15. The maximum Gasteiger partial charge on any atom is 0.133 e. The average Bonchev–Trinajstić information content (AvgIpc) is 3.21. The number of halogens is 1. The van der Waals surface area contributed by atoms with E-state index in [1.54, 1.807) is 6.92 Å². The van der Waals surface area contributed by atoms with Crippen molar-refractivity contribution in [2.75, 3.05) is 0 Å². The van der Waals surface area contributed by atoms with Crippen LogP contribution >= 0.6 is 0 Å². The molecule has 0 N–H and O–H groups in total. The van der Waals surface area contributed by atoms with Gasteiger partial charge in [-0.3, -0.25) is 4.79 Å². The van der Waals surface area contributed by atoms with Gasteiger partial charge >= 0.3 is 0 Å². The fourth-order valence-corrected chi connectivity index (χ4v) is 3.29. The van der Waals surface area contributed by atoms with Gasteiger partial charge in [0, 0.05) is 5.92 Å². The lowest BCUT2D eigenvalue weighted by Crippen LogP contribution is -2.17. The van der Waals surface area contributed by atoms with Crippen LogP contribution in [0.15, 0.2) is 0 Å². The molecule has 2 heteroatoms. The maximum atomic E-state index is 13.8. The Morgan fingerprint density at radius 2 is 1.36 bits per heavy atom. The second kappa shape index (κ2) is 11.2. The Labute approximate surface area is 137 Å². The molecule has 0 spiro atoms. The van der Waals surface area contributed by atoms with Crippen LogP contribution in [0.4, 0.5) is 4.39 Å². The van der Waals surface area contributed by atoms with E-state index in [9.17, 15) is 9.18 Å². The normalized spacial score (nSPS) is 17.4. The van der Waals surface area contributed by atoms with Crippen molar-refractivity contribution in [3.8, 4) is 0 Å². The fourth-order valence-electron chi connectivity index (χ4n) is 3.29. The first-order valence-corrected chi connectivity index (χ1v) is 9.77. The second-order valence-corrected chi connectivity index (χ2v) is 7.49. The number of carbonyl (C=O) groups excluding carboxylic acids is 1. The summed E-state index contributed by atoms with van der Waals surface area (Å²) < 4.78 is 13.8. The van der Waals surface area contributed by atoms with Gasteiger partial charge in [0.2, 0.25) is 0 Å². The summed E-state index contributed by atoms with van der Waals surface area (Å²) in [4.78, 5) is 11.6. The first kappa shape index (κ1) is 19.6. The molecule has 1 aliphatic rings. The predicted octanol–water partition coefficient (Wildman–Crippen LogP) is 6.78. The Bertz CT molecular complexity index is 296. The third kappa shape index (κ3) is 9.58. The van der Waals surface area contributed by atoms with Gasteiger partial charge in [0.15, 0.2) is 0 Å². The number of ketones is 1. The van der Waals surface area contributed by atoms with Crippen molar-refractivity contribution in [1.82, 2.24) is 0 Å². The minimum Gasteiger partial charge on any atom is -0.300 e. The van der Waals surface area contributed by atoms with Gasteiger partial charge in [-0.15, -0.1) is 0 Å². The molecule has 0 amide bonds. The largest absolute Gasteiger partial charge is 0.300 e. The SMILES string of the molecule is CCCCCCCCCCCCCC(CC1(F)CC1)C(C)=O. The number of alkyl halides is 1. The van der Waals surface area contributed by atoms with Crippen LogP contribution < -0.4 is 0 Å². The van der Waals surface area contributed by atoms with Crippen LogP contribution in [0.5, 0.6) is 0 Å². The van der Waals surface area contributed by atoms with Gasteiger partial charge in [-0.25, -0.2) is 4.39 Å². The van der Waals surface area contributed by atoms with Crippen LogP contribution in [0.1, 0.15) is 110 Å². The van der Waals surface area contributed by atoms with Crippen LogP contribution in [0.25, 0.3) is 0 Å². The Morgan fingerprint density at radius 3 is 1.77 bits per heavy atom. The Morgan fingerprint density at radius 1 is 0.909 bits per heavy atom. The van der Waals surface area contributed by atoms with Gasteiger partial charge in [-0.2, -0.15) is 0 Å². The van der Waals surface area contributed by atoms with Crippen LogP contribution in [-0.4, -0.2) is 11.5 Å². The van der Waals surface area contributed by atoms with E-state index in [4.69, 9.17) is 0 Å². The molecule has 1 saturated carbocycles. The van der Waals surface area contributed by atoms with E-state index in [2.05, 4.69) is 6.92 Å². The molecular weight excluding hydrogens is 275 g/mol. The number of hydrogen-bond acceptors (Lipinski definition) is 1. The molecule has 0 saturated heterocycles. The Hall–Kier alpha value is -0.400. The highest BCUT2D eigenvalue weighted by atomic mass is 19.1. The van der Waals surface area contributed by atoms with Crippen molar-refractivity contribution in [1.29, 1.82) is 0 Å². The minimum atomic E-state index is -0.978. The first-order chi connectivity index (χ1) is 10.6. The zero-order valence-corrected chi connectivity index (χ0v) is 15.0. The fraction of sp³-hybridized carbons (Fsp3) is 0.950. The molecule has 0 bridgehead atoms. The zero-order chi connectivity index (χ0) is 16.3. The molecule has 0 aromatic heterocycles. The zero-order valence-electron chi connectivity index (χ0n) is 15.0. The lowest BCUT2D eigenvalue weighted by atomic mass is 9.91. The predicted molar refractivity (Wildman–Crippen MR) is 92.9 cm³/mol. The van der Waals surface area contributed by atoms with E-state index < -0.39 is 5.67 Å². The molecule has 0 radical (unpaired) electrons. The monoisotopic (exact) mass is 312 g/mol. The average molecular weight is 313 g/mol. The molecule has 130 valence electrons. The van der Waals surface area contributed by atoms with E-state index in [0.29, 0.717) is 19.3 Å². The molecule has 22 heavy (non-hydrogen) atoms. The van der Waals surface area contributed by atoms with E-state index in [1.807, 2.05) is 0 Å². The van der Waals surface area contributed by atoms with Crippen molar-refractivity contribution in [2.24, 2.45) is 5.92 Å². The molecule has 1 unspecified atom stereocenters. The molecular formula is C20H37FO. The summed E-state index contributed by atoms with van der Waals surface area (Å²) in [6, 6.07) is 0. The number of carbonyl (C=O) groups is 1. The van der Waals surface area contributed by atoms with E-state index in [-0.39, 0.29) is 11.7 Å². The molecule has 1 fully saturated rings. The maximum absolute atomic E-state index is 13.8. The summed E-state index contributed by atoms with van der Waals surface area (Å²) >= 11 is 0. The number of hydrogen-bond donors (Lipinski definition) is 0. The first-order valence-electron chi connectivity index (χ1n) is 9.77. The van der Waals surface area contributed by atoms with Crippen molar-refractivity contribution in [3.63, 3.8) is 0 Å². The van der Waals surface area contributed by atoms with Crippen molar-refractivity contribution < 1.29 is 9.18 Å². The van der Waals surface area contributed by atoms with Gasteiger partial charge in [-0.1, -0.05) is 77.6 Å². The minimum absolute atomic E-state index is 0.0222. The molecule has 0 aliphatic heterocycles. The van der Waals surface area contributed by atoms with Crippen LogP contribution in [0.3, 0.4) is 0 Å². The van der Waals surface area contributed by atoms with Crippen molar-refractivity contribution in [2.45, 2.75) is 116 Å². The highest BCUT2D eigenvalue weighted by molar-refractivity contribution is 5.78. The molecule has 0 aromatic carbocycles. The lowest BCUT2D eigenvalue weighted by molar-refractivity contribution is -0.121. The van der Waals surface area contributed by atoms with Crippen molar-refractivity contribution >= 4 is 5.78 Å². The summed E-state index contributed by atoms with van der Waals surface area (Å²) in [6.07, 6.45) is 17.3. The van der Waals surface area contributed by atoms with Crippen LogP contribution in [-0.2, 0) is 4.79 Å². The lowest BCUT2D eigenvalue weighted by Gasteiger charge is -2.15. The number of unbranched alkanes of at least 4 members (excludes halogenated alkanes) is 10. The third-order valence-electron chi connectivity index (χ3n) is 5.14. The van der Waals surface area contributed by atoms with Gasteiger partial charge in [0.1, 0.15) is 11.5 Å². The highest BCUT2D eigenvalue weighted by Crippen LogP contribution is 2.45. The second-order valence-electron chi connectivity index (χ2n) is 7.49. The topological polar surface area (TPSA) is 17.1 Å². The quantitative estimate of drug-likeness (QED) is 0.304. The molecule has 1 rings (SSSR count). The summed E-state index contributed by atoms with van der Waals surface area (Å²) in [5.74, 6) is 0.169. The summed E-state index contributed by atoms with van der Waals surface area (Å²) in [7, 11) is 0. The van der Waals surface area contributed by atoms with E-state index >= 15 is 0 Å². The highest BCUT2D eigenvalue weighted by Gasteiger charge is 2.45. The standard InChI is InChI=1S/C20H37FO/c1-3-4-5-6-7-8-9-10-11-12-13-14-19(18(2)22)17-20(21)15-16-20/h19H,3-17H2,1-2H3. The van der Waals surface area contributed by atoms with Crippen LogP contribution in [0, 0.1) is 5.92 Å². The molecule has 1 aliphatic carbocycles. The molecule has 0 aromatic rings. The van der Waals surface area contributed by atoms with Crippen LogP contribution in [0.2, 0.25) is 0 Å². The van der Waals surface area contributed by atoms with E-state index in [1.165, 1.54) is 64.2 Å². The van der Waals surface area contributed by atoms with Gasteiger partial charge in [-0.05, 0) is 32.6 Å². The van der Waals surface area contributed by atoms with Gasteiger partial charge in [0.05, 0.1) is 0 Å². The van der Waals surface area contributed by atoms with Crippen molar-refractivity contribution in [3.05, 3.63) is 0 Å².